The number of anilines is 1. The molecule has 0 saturated heterocycles. The van der Waals surface area contributed by atoms with E-state index in [4.69, 9.17) is 0 Å². The number of rotatable bonds is 8. The molecule has 0 radical (unpaired) electrons. The van der Waals surface area contributed by atoms with E-state index >= 15 is 0 Å². The normalized spacial score (nSPS) is 15.5. The van der Waals surface area contributed by atoms with Gasteiger partial charge in [-0.15, -0.1) is 0 Å². The van der Waals surface area contributed by atoms with Gasteiger partial charge in [-0.05, 0) is 42.5 Å². The molecule has 3 rings (SSSR count). The minimum absolute atomic E-state index is 0.0369. The average Bonchev–Trinajstić information content (AvgIpc) is 2.77. The Morgan fingerprint density at radius 3 is 2.45 bits per heavy atom. The van der Waals surface area contributed by atoms with Crippen molar-refractivity contribution in [2.24, 2.45) is 5.92 Å². The molecule has 166 valence electrons. The zero-order chi connectivity index (χ0) is 22.4. The van der Waals surface area contributed by atoms with E-state index in [9.17, 15) is 9.59 Å². The highest BCUT2D eigenvalue weighted by Crippen LogP contribution is 2.25. The summed E-state index contributed by atoms with van der Waals surface area (Å²) in [7, 11) is 0. The van der Waals surface area contributed by atoms with Crippen LogP contribution in [-0.4, -0.2) is 40.8 Å². The summed E-state index contributed by atoms with van der Waals surface area (Å²) in [5, 5.41) is 3.03. The molecule has 6 nitrogen and oxygen atoms in total. The molecule has 6 heteroatoms. The highest BCUT2D eigenvalue weighted by Gasteiger charge is 2.34. The first-order valence-electron chi connectivity index (χ1n) is 11.3. The van der Waals surface area contributed by atoms with E-state index in [1.807, 2.05) is 50.4 Å². The van der Waals surface area contributed by atoms with Crippen LogP contribution in [0.15, 0.2) is 42.6 Å². The molecule has 1 aromatic heterocycles. The molecular formula is C25H34N4O2. The smallest absolute Gasteiger partial charge is 0.243 e. The van der Waals surface area contributed by atoms with Gasteiger partial charge in [0.25, 0.3) is 0 Å². The van der Waals surface area contributed by atoms with E-state index in [0.29, 0.717) is 25.9 Å². The van der Waals surface area contributed by atoms with E-state index in [-0.39, 0.29) is 17.7 Å². The van der Waals surface area contributed by atoms with Crippen molar-refractivity contribution < 1.29 is 9.59 Å². The first-order chi connectivity index (χ1) is 14.9. The number of carbonyl (C=O) groups excluding carboxylic acids is 2. The highest BCUT2D eigenvalue weighted by molar-refractivity contribution is 5.88. The molecule has 0 bridgehead atoms. The molecule has 0 fully saturated rings. The maximum atomic E-state index is 13.1. The number of hydrogen-bond acceptors (Lipinski definition) is 4. The zero-order valence-corrected chi connectivity index (χ0v) is 19.1. The van der Waals surface area contributed by atoms with Crippen molar-refractivity contribution in [3.8, 4) is 0 Å². The number of amides is 2. The fourth-order valence-electron chi connectivity index (χ4n) is 4.05. The molecule has 1 N–H and O–H groups in total. The van der Waals surface area contributed by atoms with Gasteiger partial charge in [-0.2, -0.15) is 0 Å². The third-order valence-electron chi connectivity index (χ3n) is 5.82. The number of benzene rings is 1. The second kappa shape index (κ2) is 10.4. The molecule has 1 unspecified atom stereocenters. The number of nitrogens with one attached hydrogen (secondary N) is 1. The summed E-state index contributed by atoms with van der Waals surface area (Å²) in [6.45, 7) is 11.0. The van der Waals surface area contributed by atoms with Crippen molar-refractivity contribution in [2.45, 2.75) is 59.7 Å². The maximum absolute atomic E-state index is 13.1. The van der Waals surface area contributed by atoms with Crippen LogP contribution < -0.4 is 10.2 Å². The minimum atomic E-state index is -0.482. The summed E-state index contributed by atoms with van der Waals surface area (Å²) >= 11 is 0. The summed E-state index contributed by atoms with van der Waals surface area (Å²) in [5.41, 5.74) is 3.21. The SMILES string of the molecule is CCN(CC)c1ccc(CNC(=O)C2Cc3ccccc3CN2C(=O)CC(C)C)cn1. The predicted molar refractivity (Wildman–Crippen MR) is 124 cm³/mol. The predicted octanol–water partition coefficient (Wildman–Crippen LogP) is 3.54. The zero-order valence-electron chi connectivity index (χ0n) is 19.1. The molecule has 0 saturated carbocycles. The molecule has 2 heterocycles. The van der Waals surface area contributed by atoms with Crippen molar-refractivity contribution in [3.63, 3.8) is 0 Å². The number of fused-ring (bicyclic) bond motifs is 1. The standard InChI is InChI=1S/C25H34N4O2/c1-5-28(6-2)23-12-11-19(15-26-23)16-27-25(31)22-14-20-9-7-8-10-21(20)17-29(22)24(30)13-18(3)4/h7-12,15,18,22H,5-6,13-14,16-17H2,1-4H3,(H,27,31). The lowest BCUT2D eigenvalue weighted by atomic mass is 9.92. The largest absolute Gasteiger partial charge is 0.357 e. The van der Waals surface area contributed by atoms with E-state index in [1.54, 1.807) is 4.90 Å². The van der Waals surface area contributed by atoms with Crippen LogP contribution in [0.5, 0.6) is 0 Å². The Labute approximate surface area is 185 Å². The minimum Gasteiger partial charge on any atom is -0.357 e. The number of carbonyl (C=O) groups is 2. The van der Waals surface area contributed by atoms with Gasteiger partial charge in [0.2, 0.25) is 11.8 Å². The van der Waals surface area contributed by atoms with Crippen LogP contribution in [0.2, 0.25) is 0 Å². The molecule has 2 aromatic rings. The van der Waals surface area contributed by atoms with Gasteiger partial charge in [-0.25, -0.2) is 4.98 Å². The molecule has 0 aliphatic carbocycles. The third kappa shape index (κ3) is 5.63. The Bertz CT molecular complexity index is 891. The lowest BCUT2D eigenvalue weighted by molar-refractivity contribution is -0.142. The number of pyridine rings is 1. The van der Waals surface area contributed by atoms with Crippen LogP contribution in [0.4, 0.5) is 5.82 Å². The van der Waals surface area contributed by atoms with Crippen LogP contribution in [0.25, 0.3) is 0 Å². The van der Waals surface area contributed by atoms with Gasteiger partial charge in [0.15, 0.2) is 0 Å². The summed E-state index contributed by atoms with van der Waals surface area (Å²) in [6, 6.07) is 11.6. The van der Waals surface area contributed by atoms with Gasteiger partial charge >= 0.3 is 0 Å². The fourth-order valence-corrected chi connectivity index (χ4v) is 4.05. The number of aromatic nitrogens is 1. The van der Waals surface area contributed by atoms with Crippen LogP contribution in [0.3, 0.4) is 0 Å². The summed E-state index contributed by atoms with van der Waals surface area (Å²) in [6.07, 6.45) is 2.81. The number of nitrogens with zero attached hydrogens (tertiary/aromatic N) is 3. The first kappa shape index (κ1) is 22.8. The van der Waals surface area contributed by atoms with E-state index in [2.05, 4.69) is 35.1 Å². The maximum Gasteiger partial charge on any atom is 0.243 e. The average molecular weight is 423 g/mol. The number of hydrogen-bond donors (Lipinski definition) is 1. The lowest BCUT2D eigenvalue weighted by Gasteiger charge is -2.36. The molecule has 2 amide bonds. The Morgan fingerprint density at radius 1 is 1.13 bits per heavy atom. The Morgan fingerprint density at radius 2 is 1.84 bits per heavy atom. The summed E-state index contributed by atoms with van der Waals surface area (Å²) < 4.78 is 0. The van der Waals surface area contributed by atoms with Gasteiger partial charge < -0.3 is 15.1 Å². The van der Waals surface area contributed by atoms with Crippen molar-refractivity contribution in [1.29, 1.82) is 0 Å². The Hall–Kier alpha value is -2.89. The van der Waals surface area contributed by atoms with Crippen molar-refractivity contribution in [2.75, 3.05) is 18.0 Å². The van der Waals surface area contributed by atoms with Crippen LogP contribution in [0.1, 0.15) is 50.8 Å². The van der Waals surface area contributed by atoms with Crippen molar-refractivity contribution >= 4 is 17.6 Å². The van der Waals surface area contributed by atoms with Gasteiger partial charge in [0, 0.05) is 45.2 Å². The van der Waals surface area contributed by atoms with E-state index in [1.165, 1.54) is 0 Å². The van der Waals surface area contributed by atoms with Gasteiger partial charge in [0.1, 0.15) is 11.9 Å². The third-order valence-corrected chi connectivity index (χ3v) is 5.82. The van der Waals surface area contributed by atoms with Crippen LogP contribution in [0, 0.1) is 5.92 Å². The van der Waals surface area contributed by atoms with Gasteiger partial charge in [-0.3, -0.25) is 9.59 Å². The second-order valence-electron chi connectivity index (χ2n) is 8.52. The Kier molecular flexibility index (Phi) is 7.66. The molecule has 1 atom stereocenters. The summed E-state index contributed by atoms with van der Waals surface area (Å²) in [4.78, 5) is 34.5. The molecule has 0 spiro atoms. The monoisotopic (exact) mass is 422 g/mol. The lowest BCUT2D eigenvalue weighted by Crippen LogP contribution is -2.52. The Balaban J connectivity index is 1.70. The second-order valence-corrected chi connectivity index (χ2v) is 8.52. The van der Waals surface area contributed by atoms with Crippen LogP contribution in [-0.2, 0) is 29.1 Å². The van der Waals surface area contributed by atoms with Gasteiger partial charge in [0.05, 0.1) is 0 Å². The highest BCUT2D eigenvalue weighted by atomic mass is 16.2. The fraction of sp³-hybridized carbons (Fsp3) is 0.480. The molecule has 1 aliphatic rings. The first-order valence-corrected chi connectivity index (χ1v) is 11.3. The quantitative estimate of drug-likeness (QED) is 0.707. The topological polar surface area (TPSA) is 65.5 Å². The molecule has 1 aromatic carbocycles. The summed E-state index contributed by atoms with van der Waals surface area (Å²) in [5.74, 6) is 1.12. The molecular weight excluding hydrogens is 388 g/mol. The van der Waals surface area contributed by atoms with E-state index in [0.717, 1.165) is 35.6 Å². The van der Waals surface area contributed by atoms with E-state index < -0.39 is 6.04 Å². The van der Waals surface area contributed by atoms with Crippen molar-refractivity contribution in [3.05, 3.63) is 59.3 Å². The van der Waals surface area contributed by atoms with Crippen molar-refractivity contribution in [1.82, 2.24) is 15.2 Å². The van der Waals surface area contributed by atoms with Gasteiger partial charge in [-0.1, -0.05) is 44.2 Å². The molecule has 31 heavy (non-hydrogen) atoms. The molecule has 1 aliphatic heterocycles. The van der Waals surface area contributed by atoms with Crippen LogP contribution >= 0.6 is 0 Å².